The molecule has 1 aromatic rings. The van der Waals surface area contributed by atoms with Crippen molar-refractivity contribution < 1.29 is 13.2 Å². The Morgan fingerprint density at radius 1 is 1.37 bits per heavy atom. The fraction of sp³-hybridized carbons (Fsp3) is 0.538. The van der Waals surface area contributed by atoms with Gasteiger partial charge in [0.2, 0.25) is 10.0 Å². The number of hydrogen-bond acceptors (Lipinski definition) is 3. The fourth-order valence-corrected chi connectivity index (χ4v) is 3.30. The molecule has 0 saturated carbocycles. The quantitative estimate of drug-likeness (QED) is 0.857. The zero-order chi connectivity index (χ0) is 14.7. The van der Waals surface area contributed by atoms with E-state index in [0.29, 0.717) is 16.8 Å². The molecule has 0 aliphatic rings. The van der Waals surface area contributed by atoms with E-state index in [-0.39, 0.29) is 10.3 Å². The summed E-state index contributed by atoms with van der Waals surface area (Å²) in [5.41, 5.74) is -0.0771. The minimum absolute atomic E-state index is 0.0771. The number of nitrogens with one attached hydrogen (secondary N) is 1. The maximum Gasteiger partial charge on any atom is 0.244 e. The molecular weight excluding hydrogens is 330 g/mol. The van der Waals surface area contributed by atoms with Crippen molar-refractivity contribution in [2.24, 2.45) is 5.41 Å². The molecule has 1 aromatic carbocycles. The summed E-state index contributed by atoms with van der Waals surface area (Å²) >= 11 is 3.27. The van der Waals surface area contributed by atoms with Crippen molar-refractivity contribution >= 4 is 26.0 Å². The lowest BCUT2D eigenvalue weighted by Crippen LogP contribution is -2.33. The van der Waals surface area contributed by atoms with Crippen molar-refractivity contribution in [1.82, 2.24) is 4.72 Å². The van der Waals surface area contributed by atoms with Gasteiger partial charge >= 0.3 is 0 Å². The van der Waals surface area contributed by atoms with E-state index in [9.17, 15) is 8.42 Å². The number of methoxy groups -OCH3 is 1. The largest absolute Gasteiger partial charge is 0.495 e. The molecule has 0 unspecified atom stereocenters. The van der Waals surface area contributed by atoms with Gasteiger partial charge in [-0.2, -0.15) is 0 Å². The van der Waals surface area contributed by atoms with Crippen LogP contribution in [0.3, 0.4) is 0 Å². The van der Waals surface area contributed by atoms with Crippen LogP contribution in [-0.4, -0.2) is 22.1 Å². The first-order valence-electron chi connectivity index (χ1n) is 6.05. The van der Waals surface area contributed by atoms with Crippen LogP contribution in [0, 0.1) is 5.41 Å². The van der Waals surface area contributed by atoms with Crippen molar-refractivity contribution in [1.29, 1.82) is 0 Å². The molecular formula is C13H20BrNO3S. The van der Waals surface area contributed by atoms with Crippen LogP contribution in [-0.2, 0) is 10.0 Å². The summed E-state index contributed by atoms with van der Waals surface area (Å²) in [6.07, 6.45) is 0.894. The molecule has 0 aromatic heterocycles. The zero-order valence-corrected chi connectivity index (χ0v) is 14.1. The van der Waals surface area contributed by atoms with E-state index < -0.39 is 10.0 Å². The summed E-state index contributed by atoms with van der Waals surface area (Å²) in [5, 5.41) is 0. The number of halogens is 1. The third-order valence-electron chi connectivity index (χ3n) is 3.11. The average Bonchev–Trinajstić information content (AvgIpc) is 2.37. The molecule has 19 heavy (non-hydrogen) atoms. The van der Waals surface area contributed by atoms with Gasteiger partial charge in [-0.05, 0) is 30.0 Å². The Morgan fingerprint density at radius 2 is 2.00 bits per heavy atom. The molecule has 0 saturated heterocycles. The minimum atomic E-state index is -3.57. The average molecular weight is 350 g/mol. The summed E-state index contributed by atoms with van der Waals surface area (Å²) in [6, 6.07) is 4.91. The molecule has 0 bridgehead atoms. The molecule has 0 fully saturated rings. The molecule has 0 heterocycles. The molecule has 4 nitrogen and oxygen atoms in total. The van der Waals surface area contributed by atoms with Crippen molar-refractivity contribution in [3.05, 3.63) is 22.7 Å². The van der Waals surface area contributed by atoms with Gasteiger partial charge in [0, 0.05) is 11.0 Å². The van der Waals surface area contributed by atoms with Gasteiger partial charge in [-0.3, -0.25) is 0 Å². The van der Waals surface area contributed by atoms with Crippen molar-refractivity contribution in [2.45, 2.75) is 32.1 Å². The van der Waals surface area contributed by atoms with Gasteiger partial charge in [0.1, 0.15) is 10.6 Å². The Labute approximate surface area is 123 Å². The second kappa shape index (κ2) is 6.24. The third kappa shape index (κ3) is 4.47. The van der Waals surface area contributed by atoms with Crippen LogP contribution in [0.25, 0.3) is 0 Å². The Kier molecular flexibility index (Phi) is 5.41. The molecule has 6 heteroatoms. The predicted octanol–water partition coefficient (Wildman–Crippen LogP) is 3.17. The highest BCUT2D eigenvalue weighted by Gasteiger charge is 2.23. The van der Waals surface area contributed by atoms with Crippen LogP contribution in [0.4, 0.5) is 0 Å². The van der Waals surface area contributed by atoms with Crippen LogP contribution in [0.5, 0.6) is 5.75 Å². The second-order valence-corrected chi connectivity index (χ2v) is 7.79. The highest BCUT2D eigenvalue weighted by molar-refractivity contribution is 9.10. The van der Waals surface area contributed by atoms with E-state index >= 15 is 0 Å². The highest BCUT2D eigenvalue weighted by Crippen LogP contribution is 2.28. The van der Waals surface area contributed by atoms with Crippen LogP contribution >= 0.6 is 15.9 Å². The Bertz CT molecular complexity index is 541. The summed E-state index contributed by atoms with van der Waals surface area (Å²) in [4.78, 5) is 0.149. The summed E-state index contributed by atoms with van der Waals surface area (Å²) < 4.78 is 33.1. The van der Waals surface area contributed by atoms with Gasteiger partial charge in [-0.25, -0.2) is 13.1 Å². The highest BCUT2D eigenvalue weighted by atomic mass is 79.9. The molecule has 0 aliphatic heterocycles. The predicted molar refractivity (Wildman–Crippen MR) is 80.0 cm³/mol. The number of ether oxygens (including phenoxy) is 1. The van der Waals surface area contributed by atoms with Gasteiger partial charge in [-0.15, -0.1) is 0 Å². The van der Waals surface area contributed by atoms with E-state index in [4.69, 9.17) is 4.74 Å². The van der Waals surface area contributed by atoms with Crippen molar-refractivity contribution in [3.8, 4) is 5.75 Å². The molecule has 0 spiro atoms. The molecule has 0 radical (unpaired) electrons. The summed E-state index contributed by atoms with van der Waals surface area (Å²) in [6.45, 7) is 6.47. The third-order valence-corrected chi connectivity index (χ3v) is 5.03. The first-order chi connectivity index (χ1) is 8.72. The van der Waals surface area contributed by atoms with Gasteiger partial charge in [0.15, 0.2) is 0 Å². The Balaban J connectivity index is 3.04. The monoisotopic (exact) mass is 349 g/mol. The fourth-order valence-electron chi connectivity index (χ4n) is 1.35. The first kappa shape index (κ1) is 16.5. The topological polar surface area (TPSA) is 55.4 Å². The van der Waals surface area contributed by atoms with E-state index in [0.717, 1.165) is 6.42 Å². The first-order valence-corrected chi connectivity index (χ1v) is 8.32. The van der Waals surface area contributed by atoms with Crippen molar-refractivity contribution in [2.75, 3.05) is 13.7 Å². The molecule has 1 rings (SSSR count). The molecule has 0 atom stereocenters. The van der Waals surface area contributed by atoms with E-state index in [2.05, 4.69) is 20.7 Å². The van der Waals surface area contributed by atoms with E-state index in [1.165, 1.54) is 7.11 Å². The Hall–Kier alpha value is -0.590. The van der Waals surface area contributed by atoms with Crippen LogP contribution in [0.1, 0.15) is 27.2 Å². The standard InChI is InChI=1S/C13H20BrNO3S/c1-5-13(2,3)9-15-19(16,17)12-8-10(14)6-7-11(12)18-4/h6-8,15H,5,9H2,1-4H3. The number of sulfonamides is 1. The molecule has 1 N–H and O–H groups in total. The van der Waals surface area contributed by atoms with Gasteiger partial charge in [0.25, 0.3) is 0 Å². The van der Waals surface area contributed by atoms with Crippen LogP contribution < -0.4 is 9.46 Å². The zero-order valence-electron chi connectivity index (χ0n) is 11.7. The minimum Gasteiger partial charge on any atom is -0.495 e. The molecule has 0 amide bonds. The summed E-state index contributed by atoms with van der Waals surface area (Å²) in [5.74, 6) is 0.338. The van der Waals surface area contributed by atoms with Crippen LogP contribution in [0.15, 0.2) is 27.6 Å². The number of benzene rings is 1. The maximum atomic E-state index is 12.3. The van der Waals surface area contributed by atoms with Gasteiger partial charge in [-0.1, -0.05) is 36.7 Å². The number of hydrogen-bond donors (Lipinski definition) is 1. The number of rotatable bonds is 6. The molecule has 108 valence electrons. The SMILES string of the molecule is CCC(C)(C)CNS(=O)(=O)c1cc(Br)ccc1OC. The normalized spacial score (nSPS) is 12.5. The second-order valence-electron chi connectivity index (χ2n) is 5.14. The smallest absolute Gasteiger partial charge is 0.244 e. The van der Waals surface area contributed by atoms with Gasteiger partial charge in [0.05, 0.1) is 7.11 Å². The lowest BCUT2D eigenvalue weighted by atomic mass is 9.91. The maximum absolute atomic E-state index is 12.3. The summed E-state index contributed by atoms with van der Waals surface area (Å²) in [7, 11) is -2.12. The lowest BCUT2D eigenvalue weighted by molar-refractivity contribution is 0.349. The van der Waals surface area contributed by atoms with Crippen molar-refractivity contribution in [3.63, 3.8) is 0 Å². The molecule has 0 aliphatic carbocycles. The van der Waals surface area contributed by atoms with E-state index in [1.807, 2.05) is 20.8 Å². The van der Waals surface area contributed by atoms with E-state index in [1.54, 1.807) is 18.2 Å². The van der Waals surface area contributed by atoms with Crippen LogP contribution in [0.2, 0.25) is 0 Å². The lowest BCUT2D eigenvalue weighted by Gasteiger charge is -2.23. The Morgan fingerprint density at radius 3 is 2.53 bits per heavy atom. The van der Waals surface area contributed by atoms with Gasteiger partial charge < -0.3 is 4.74 Å².